The first-order chi connectivity index (χ1) is 25.3. The van der Waals surface area contributed by atoms with Gasteiger partial charge in [0.1, 0.15) is 0 Å². The maximum absolute atomic E-state index is 8.74. The van der Waals surface area contributed by atoms with Crippen molar-refractivity contribution in [1.29, 1.82) is 0 Å². The van der Waals surface area contributed by atoms with Crippen LogP contribution in [0.25, 0.3) is 92.7 Å². The quantitative estimate of drug-likeness (QED) is 0.0858. The number of fused-ring (bicyclic) bond motifs is 16. The summed E-state index contributed by atoms with van der Waals surface area (Å²) >= 11 is 0. The van der Waals surface area contributed by atoms with Gasteiger partial charge in [-0.1, -0.05) is 0 Å². The lowest BCUT2D eigenvalue weighted by atomic mass is 10.3. The minimum absolute atomic E-state index is 0.939. The van der Waals surface area contributed by atoms with Crippen molar-refractivity contribution in [3.63, 3.8) is 0 Å². The zero-order valence-electron chi connectivity index (χ0n) is 27.4. The second-order valence-corrected chi connectivity index (χ2v) is 12.7. The molecule has 6 aromatic rings. The van der Waals surface area contributed by atoms with Gasteiger partial charge in [-0.3, -0.25) is 4.57 Å². The summed E-state index contributed by atoms with van der Waals surface area (Å²) < 4.78 is 8.74. The number of H-pyrrole nitrogens is 4. The van der Waals surface area contributed by atoms with Gasteiger partial charge in [-0.05, 0) is 146 Å². The predicted octanol–water partition coefficient (Wildman–Crippen LogP) is 8.67. The lowest BCUT2D eigenvalue weighted by Gasteiger charge is -1.85. The Hall–Kier alpha value is -6.65. The molecule has 10 rings (SSSR count). The first kappa shape index (κ1) is 32.5. The van der Waals surface area contributed by atoms with E-state index in [1.54, 1.807) is 0 Å². The summed E-state index contributed by atoms with van der Waals surface area (Å²) in [5.41, 5.74) is 15.7. The topological polar surface area (TPSA) is 172 Å². The molecular formula is C40H31N8O3P. The monoisotopic (exact) mass is 702 g/mol. The lowest BCUT2D eigenvalue weighted by molar-refractivity contribution is 0.405. The van der Waals surface area contributed by atoms with E-state index in [9.17, 15) is 0 Å². The van der Waals surface area contributed by atoms with E-state index in [2.05, 4.69) is 88.4 Å². The summed E-state index contributed by atoms with van der Waals surface area (Å²) in [6, 6.07) is 32.7. The van der Waals surface area contributed by atoms with Gasteiger partial charge >= 0.3 is 8.25 Å². The first-order valence-corrected chi connectivity index (χ1v) is 17.6. The van der Waals surface area contributed by atoms with Crippen LogP contribution in [0.5, 0.6) is 0 Å². The van der Waals surface area contributed by atoms with Crippen LogP contribution >= 0.6 is 8.25 Å². The van der Waals surface area contributed by atoms with Crippen LogP contribution < -0.4 is 0 Å². The zero-order valence-corrected chi connectivity index (χ0v) is 28.4. The molecule has 11 nitrogen and oxygen atoms in total. The fraction of sp³-hybridized carbons (Fsp3) is 0. The molecule has 12 heteroatoms. The maximum atomic E-state index is 8.74. The highest BCUT2D eigenvalue weighted by Gasteiger charge is 2.03. The molecule has 0 saturated heterocycles. The van der Waals surface area contributed by atoms with Gasteiger partial charge in [-0.15, -0.1) is 0 Å². The van der Waals surface area contributed by atoms with Crippen molar-refractivity contribution in [2.45, 2.75) is 0 Å². The van der Waals surface area contributed by atoms with Gasteiger partial charge in [0, 0.05) is 44.1 Å². The Kier molecular flexibility index (Phi) is 8.95. The lowest BCUT2D eigenvalue weighted by Crippen LogP contribution is -1.75. The first-order valence-electron chi connectivity index (χ1n) is 16.3. The summed E-state index contributed by atoms with van der Waals surface area (Å²) in [6.45, 7) is 0. The number of aromatic amines is 4. The van der Waals surface area contributed by atoms with Crippen molar-refractivity contribution in [2.75, 3.05) is 0 Å². The minimum Gasteiger partial charge on any atom is -0.355 e. The van der Waals surface area contributed by atoms with Crippen LogP contribution in [0.2, 0.25) is 0 Å². The molecule has 0 saturated carbocycles. The van der Waals surface area contributed by atoms with Gasteiger partial charge in [0.25, 0.3) is 0 Å². The molecule has 4 aliphatic rings. The second-order valence-electron chi connectivity index (χ2n) is 12.1. The Morgan fingerprint density at radius 2 is 0.462 bits per heavy atom. The van der Waals surface area contributed by atoms with Crippen LogP contribution in [0.1, 0.15) is 45.6 Å². The van der Waals surface area contributed by atoms with Gasteiger partial charge in [-0.2, -0.15) is 0 Å². The zero-order chi connectivity index (χ0) is 35.4. The number of aromatic nitrogens is 8. The van der Waals surface area contributed by atoms with Crippen molar-refractivity contribution in [3.8, 4) is 0 Å². The highest BCUT2D eigenvalue weighted by atomic mass is 31.1. The van der Waals surface area contributed by atoms with Crippen molar-refractivity contribution < 1.29 is 14.4 Å². The van der Waals surface area contributed by atoms with Gasteiger partial charge in [0.2, 0.25) is 0 Å². The van der Waals surface area contributed by atoms with E-state index in [0.717, 1.165) is 89.7 Å². The molecule has 10 heterocycles. The third-order valence-electron chi connectivity index (χ3n) is 8.08. The largest absolute Gasteiger partial charge is 0.355 e. The fourth-order valence-electron chi connectivity index (χ4n) is 5.89. The highest BCUT2D eigenvalue weighted by molar-refractivity contribution is 7.30. The van der Waals surface area contributed by atoms with Crippen LogP contribution in [0, 0.1) is 0 Å². The molecule has 0 spiro atoms. The number of rotatable bonds is 0. The van der Waals surface area contributed by atoms with Gasteiger partial charge in [0.05, 0.1) is 45.6 Å². The van der Waals surface area contributed by atoms with E-state index in [1.807, 2.05) is 97.1 Å². The van der Waals surface area contributed by atoms with E-state index in [4.69, 9.17) is 14.4 Å². The van der Waals surface area contributed by atoms with Gasteiger partial charge in [0.15, 0.2) is 0 Å². The smallest absolute Gasteiger partial charge is 0.314 e. The summed E-state index contributed by atoms with van der Waals surface area (Å²) in [5.74, 6) is 0. The average molecular weight is 703 g/mol. The third-order valence-corrected chi connectivity index (χ3v) is 8.08. The van der Waals surface area contributed by atoms with Crippen LogP contribution in [0.3, 0.4) is 0 Å². The molecule has 52 heavy (non-hydrogen) atoms. The Balaban J connectivity index is 0.000000135. The molecule has 0 atom stereocenters. The molecule has 6 N–H and O–H groups in total. The summed E-state index contributed by atoms with van der Waals surface area (Å²) in [5, 5.41) is 0. The van der Waals surface area contributed by atoms with Gasteiger partial charge in [-0.25, -0.2) is 19.9 Å². The van der Waals surface area contributed by atoms with Crippen molar-refractivity contribution >= 4 is 101 Å². The number of nitrogens with zero attached hydrogens (tertiary/aromatic N) is 4. The van der Waals surface area contributed by atoms with Crippen LogP contribution in [0.4, 0.5) is 0 Å². The maximum Gasteiger partial charge on any atom is 0.314 e. The van der Waals surface area contributed by atoms with E-state index in [1.165, 1.54) is 0 Å². The second kappa shape index (κ2) is 14.3. The van der Waals surface area contributed by atoms with Crippen LogP contribution in [0.15, 0.2) is 97.1 Å². The number of hydrogen-bond acceptors (Lipinski definition) is 5. The average Bonchev–Trinajstić information content (AvgIpc) is 3.94. The van der Waals surface area contributed by atoms with Gasteiger partial charge < -0.3 is 29.7 Å². The summed E-state index contributed by atoms with van der Waals surface area (Å²) in [6.07, 6.45) is 16.2. The number of hydrogen-bond donors (Lipinski definition) is 6. The molecule has 16 bridgehead atoms. The Morgan fingerprint density at radius 3 is 0.596 bits per heavy atom. The van der Waals surface area contributed by atoms with E-state index < -0.39 is 8.25 Å². The summed E-state index contributed by atoms with van der Waals surface area (Å²) in [7, 11) is -3.13. The molecular weight excluding hydrogens is 671 g/mol. The highest BCUT2D eigenvalue weighted by Crippen LogP contribution is 2.19. The minimum atomic E-state index is -3.13. The molecule has 0 radical (unpaired) electrons. The van der Waals surface area contributed by atoms with Crippen molar-refractivity contribution in [1.82, 2.24) is 39.9 Å². The molecule has 0 amide bonds. The van der Waals surface area contributed by atoms with Crippen molar-refractivity contribution in [3.05, 3.63) is 143 Å². The van der Waals surface area contributed by atoms with Crippen LogP contribution in [-0.2, 0) is 4.57 Å². The molecule has 4 aliphatic heterocycles. The van der Waals surface area contributed by atoms with E-state index in [-0.39, 0.29) is 0 Å². The Bertz CT molecular complexity index is 2280. The molecule has 0 fully saturated rings. The third kappa shape index (κ3) is 8.20. The SMILES string of the molecule is C1=Cc2cc3ccc(cc4nc(cc5ccc(cc1n2)[nH]5)C=C4)[nH]3.C1=Cc2cc3ccc(cc4nc(cc5ccc(cc1n2)[nH]5)C=C4)[nH]3.O=[PH](O)O. The Morgan fingerprint density at radius 1 is 0.327 bits per heavy atom. The van der Waals surface area contributed by atoms with E-state index >= 15 is 0 Å². The van der Waals surface area contributed by atoms with E-state index in [0.29, 0.717) is 0 Å². The molecule has 0 aliphatic carbocycles. The molecule has 254 valence electrons. The Labute approximate surface area is 297 Å². The predicted molar refractivity (Wildman–Crippen MR) is 211 cm³/mol. The fourth-order valence-corrected chi connectivity index (χ4v) is 5.89. The molecule has 0 unspecified atom stereocenters. The molecule has 0 aromatic carbocycles. The van der Waals surface area contributed by atoms with Crippen molar-refractivity contribution in [2.24, 2.45) is 0 Å². The normalized spacial score (nSPS) is 12.4. The summed E-state index contributed by atoms with van der Waals surface area (Å²) in [4.78, 5) is 46.4. The number of nitrogens with one attached hydrogen (secondary N) is 4. The standard InChI is InChI=1S/2C20H14N4.H3O3P/c2*1-2-14-10-16-5-6-18(23-16)12-20-8-7-19(24-20)11-17-4-3-15(22-17)9-13(1)21-14;1-4(2)3/h2*1-12,21,24H;4H,(H2,1,2,3). The van der Waals surface area contributed by atoms with Crippen LogP contribution in [-0.4, -0.2) is 49.7 Å². The molecule has 6 aromatic heterocycles.